The van der Waals surface area contributed by atoms with Crippen LogP contribution in [0.4, 0.5) is 0 Å². The van der Waals surface area contributed by atoms with Crippen molar-refractivity contribution in [3.05, 3.63) is 0 Å². The number of aliphatic hydroxyl groups excluding tert-OH is 2. The molecule has 0 aromatic heterocycles. The van der Waals surface area contributed by atoms with E-state index >= 15 is 0 Å². The monoisotopic (exact) mass is 159 g/mol. The topological polar surface area (TPSA) is 43.7 Å². The van der Waals surface area contributed by atoms with Crippen LogP contribution in [0, 0.1) is 0 Å². The Morgan fingerprint density at radius 2 is 1.82 bits per heavy atom. The van der Waals surface area contributed by atoms with E-state index in [4.69, 9.17) is 0 Å². The second-order valence-electron chi connectivity index (χ2n) is 3.25. The van der Waals surface area contributed by atoms with Crippen molar-refractivity contribution in [1.82, 2.24) is 4.90 Å². The average Bonchev–Trinajstić information content (AvgIpc) is 2.28. The molecule has 1 aliphatic rings. The van der Waals surface area contributed by atoms with Gasteiger partial charge in [0, 0.05) is 13.1 Å². The van der Waals surface area contributed by atoms with Gasteiger partial charge in [0.15, 0.2) is 0 Å². The molecule has 3 nitrogen and oxygen atoms in total. The molecule has 3 heteroatoms. The van der Waals surface area contributed by atoms with Crippen molar-refractivity contribution >= 4 is 0 Å². The van der Waals surface area contributed by atoms with E-state index in [-0.39, 0.29) is 0 Å². The normalized spacial score (nSPS) is 33.0. The van der Waals surface area contributed by atoms with Gasteiger partial charge in [-0.2, -0.15) is 0 Å². The van der Waals surface area contributed by atoms with Crippen LogP contribution >= 0.6 is 0 Å². The van der Waals surface area contributed by atoms with E-state index in [2.05, 4.69) is 11.8 Å². The Morgan fingerprint density at radius 1 is 1.27 bits per heavy atom. The van der Waals surface area contributed by atoms with Crippen molar-refractivity contribution in [3.8, 4) is 0 Å². The van der Waals surface area contributed by atoms with Crippen LogP contribution in [0.25, 0.3) is 0 Å². The van der Waals surface area contributed by atoms with Crippen molar-refractivity contribution in [2.24, 2.45) is 0 Å². The molecule has 1 fully saturated rings. The van der Waals surface area contributed by atoms with Crippen molar-refractivity contribution in [2.45, 2.75) is 32.0 Å². The summed E-state index contributed by atoms with van der Waals surface area (Å²) >= 11 is 0. The SMILES string of the molecule is CCCCN1C[C@H](O)[C@@H](O)C1. The van der Waals surface area contributed by atoms with Gasteiger partial charge in [0.25, 0.3) is 0 Å². The molecule has 0 aromatic carbocycles. The van der Waals surface area contributed by atoms with Crippen LogP contribution in [0.5, 0.6) is 0 Å². The molecule has 2 N–H and O–H groups in total. The van der Waals surface area contributed by atoms with Crippen LogP contribution < -0.4 is 0 Å². The van der Waals surface area contributed by atoms with Gasteiger partial charge in [0.05, 0.1) is 12.2 Å². The van der Waals surface area contributed by atoms with Gasteiger partial charge < -0.3 is 10.2 Å². The van der Waals surface area contributed by atoms with Gasteiger partial charge in [-0.15, -0.1) is 0 Å². The highest BCUT2D eigenvalue weighted by molar-refractivity contribution is 4.82. The van der Waals surface area contributed by atoms with Crippen LogP contribution in [-0.4, -0.2) is 47.0 Å². The fourth-order valence-electron chi connectivity index (χ4n) is 1.41. The molecule has 0 bridgehead atoms. The molecule has 0 radical (unpaired) electrons. The Bertz CT molecular complexity index is 109. The minimum absolute atomic E-state index is 0.521. The lowest BCUT2D eigenvalue weighted by Gasteiger charge is -2.12. The third-order valence-corrected chi connectivity index (χ3v) is 2.16. The Balaban J connectivity index is 2.18. The molecule has 1 heterocycles. The van der Waals surface area contributed by atoms with Gasteiger partial charge in [0.1, 0.15) is 0 Å². The fraction of sp³-hybridized carbons (Fsp3) is 1.00. The highest BCUT2D eigenvalue weighted by Gasteiger charge is 2.28. The standard InChI is InChI=1S/C8H17NO2/c1-2-3-4-9-5-7(10)8(11)6-9/h7-8,10-11H,2-6H2,1H3/t7-,8-/m0/s1. The third-order valence-electron chi connectivity index (χ3n) is 2.16. The number of β-amino-alcohol motifs (C(OH)–C–C–N with tert-alkyl or cyclic N) is 2. The van der Waals surface area contributed by atoms with Gasteiger partial charge in [0.2, 0.25) is 0 Å². The Morgan fingerprint density at radius 3 is 2.27 bits per heavy atom. The average molecular weight is 159 g/mol. The lowest BCUT2D eigenvalue weighted by atomic mass is 10.3. The molecule has 0 aliphatic carbocycles. The van der Waals surface area contributed by atoms with Gasteiger partial charge in [-0.1, -0.05) is 13.3 Å². The molecule has 0 unspecified atom stereocenters. The lowest BCUT2D eigenvalue weighted by molar-refractivity contribution is 0.0572. The molecule has 1 saturated heterocycles. The third kappa shape index (κ3) is 2.43. The summed E-state index contributed by atoms with van der Waals surface area (Å²) in [4.78, 5) is 2.11. The summed E-state index contributed by atoms with van der Waals surface area (Å²) in [5.41, 5.74) is 0. The smallest absolute Gasteiger partial charge is 0.0938 e. The lowest BCUT2D eigenvalue weighted by Crippen LogP contribution is -2.22. The van der Waals surface area contributed by atoms with Crippen molar-refractivity contribution < 1.29 is 10.2 Å². The summed E-state index contributed by atoms with van der Waals surface area (Å²) in [5, 5.41) is 18.4. The second-order valence-corrected chi connectivity index (χ2v) is 3.25. The molecule has 66 valence electrons. The molecule has 0 aromatic rings. The van der Waals surface area contributed by atoms with Crippen molar-refractivity contribution in [2.75, 3.05) is 19.6 Å². The van der Waals surface area contributed by atoms with Gasteiger partial charge in [-0.3, -0.25) is 4.90 Å². The number of likely N-dealkylation sites (tertiary alicyclic amines) is 1. The maximum atomic E-state index is 9.18. The largest absolute Gasteiger partial charge is 0.389 e. The van der Waals surface area contributed by atoms with Crippen LogP contribution in [0.1, 0.15) is 19.8 Å². The Labute approximate surface area is 67.6 Å². The molecular formula is C8H17NO2. The molecule has 0 saturated carbocycles. The highest BCUT2D eigenvalue weighted by atomic mass is 16.3. The van der Waals surface area contributed by atoms with Gasteiger partial charge >= 0.3 is 0 Å². The van der Waals surface area contributed by atoms with Crippen molar-refractivity contribution in [1.29, 1.82) is 0 Å². The van der Waals surface area contributed by atoms with Crippen LogP contribution in [0.2, 0.25) is 0 Å². The summed E-state index contributed by atoms with van der Waals surface area (Å²) in [6.07, 6.45) is 1.28. The molecule has 1 aliphatic heterocycles. The first-order chi connectivity index (χ1) is 5.24. The number of hydrogen-bond acceptors (Lipinski definition) is 3. The number of hydrogen-bond donors (Lipinski definition) is 2. The first-order valence-corrected chi connectivity index (χ1v) is 4.32. The zero-order valence-corrected chi connectivity index (χ0v) is 7.03. The molecule has 0 amide bonds. The molecule has 1 rings (SSSR count). The Kier molecular flexibility index (Phi) is 3.30. The summed E-state index contributed by atoms with van der Waals surface area (Å²) in [6.45, 7) is 4.43. The number of unbranched alkanes of at least 4 members (excludes halogenated alkanes) is 1. The summed E-state index contributed by atoms with van der Waals surface area (Å²) in [7, 11) is 0. The van der Waals surface area contributed by atoms with E-state index in [1.807, 2.05) is 0 Å². The quantitative estimate of drug-likeness (QED) is 0.600. The minimum atomic E-state index is -0.521. The zero-order chi connectivity index (χ0) is 8.27. The predicted octanol–water partition coefficient (Wildman–Crippen LogP) is -0.176. The van der Waals surface area contributed by atoms with E-state index in [0.717, 1.165) is 13.0 Å². The second kappa shape index (κ2) is 4.04. The van der Waals surface area contributed by atoms with E-state index < -0.39 is 12.2 Å². The van der Waals surface area contributed by atoms with E-state index in [1.165, 1.54) is 6.42 Å². The fourth-order valence-corrected chi connectivity index (χ4v) is 1.41. The number of nitrogens with zero attached hydrogens (tertiary/aromatic N) is 1. The van der Waals surface area contributed by atoms with Crippen LogP contribution in [0.3, 0.4) is 0 Å². The molecular weight excluding hydrogens is 142 g/mol. The highest BCUT2D eigenvalue weighted by Crippen LogP contribution is 2.10. The Hall–Kier alpha value is -0.120. The summed E-state index contributed by atoms with van der Waals surface area (Å²) in [6, 6.07) is 0. The van der Waals surface area contributed by atoms with E-state index in [0.29, 0.717) is 13.1 Å². The number of rotatable bonds is 3. The molecule has 11 heavy (non-hydrogen) atoms. The predicted molar refractivity (Wildman–Crippen MR) is 43.4 cm³/mol. The van der Waals surface area contributed by atoms with Crippen molar-refractivity contribution in [3.63, 3.8) is 0 Å². The summed E-state index contributed by atoms with van der Waals surface area (Å²) in [5.74, 6) is 0. The van der Waals surface area contributed by atoms with Gasteiger partial charge in [-0.25, -0.2) is 0 Å². The maximum Gasteiger partial charge on any atom is 0.0938 e. The molecule has 0 spiro atoms. The summed E-state index contributed by atoms with van der Waals surface area (Å²) < 4.78 is 0. The van der Waals surface area contributed by atoms with E-state index in [1.54, 1.807) is 0 Å². The number of aliphatic hydroxyl groups is 2. The molecule has 2 atom stereocenters. The minimum Gasteiger partial charge on any atom is -0.389 e. The first-order valence-electron chi connectivity index (χ1n) is 4.32. The van der Waals surface area contributed by atoms with Crippen LogP contribution in [-0.2, 0) is 0 Å². The zero-order valence-electron chi connectivity index (χ0n) is 7.03. The van der Waals surface area contributed by atoms with E-state index in [9.17, 15) is 10.2 Å². The van der Waals surface area contributed by atoms with Crippen LogP contribution in [0.15, 0.2) is 0 Å². The first kappa shape index (κ1) is 8.97. The van der Waals surface area contributed by atoms with Gasteiger partial charge in [-0.05, 0) is 13.0 Å². The maximum absolute atomic E-state index is 9.18.